The molecule has 0 saturated carbocycles. The van der Waals surface area contributed by atoms with Crippen molar-refractivity contribution in [3.8, 4) is 5.75 Å². The number of amides is 1. The zero-order chi connectivity index (χ0) is 18.1. The summed E-state index contributed by atoms with van der Waals surface area (Å²) in [6, 6.07) is 9.22. The van der Waals surface area contributed by atoms with E-state index < -0.39 is 0 Å². The summed E-state index contributed by atoms with van der Waals surface area (Å²) in [6.07, 6.45) is 1.61. The van der Waals surface area contributed by atoms with E-state index in [1.165, 1.54) is 0 Å². The van der Waals surface area contributed by atoms with Crippen LogP contribution in [0, 0.1) is 18.8 Å². The highest BCUT2D eigenvalue weighted by atomic mass is 35.5. The summed E-state index contributed by atoms with van der Waals surface area (Å²) >= 11 is 6.06. The van der Waals surface area contributed by atoms with Gasteiger partial charge in [-0.3, -0.25) is 4.79 Å². The molecule has 2 atom stereocenters. The molecule has 2 saturated heterocycles. The van der Waals surface area contributed by atoms with Crippen molar-refractivity contribution in [1.29, 1.82) is 0 Å². The molecule has 2 aliphatic heterocycles. The topological polar surface area (TPSA) is 58.6 Å². The Kier molecular flexibility index (Phi) is 4.68. The first-order chi connectivity index (χ1) is 12.6. The Morgan fingerprint density at radius 2 is 1.92 bits per heavy atom. The fraction of sp³-hybridized carbons (Fsp3) is 0.421. The predicted octanol–water partition coefficient (Wildman–Crippen LogP) is 2.41. The average Bonchev–Trinajstić information content (AvgIpc) is 3.20. The molecule has 0 aliphatic carbocycles. The van der Waals surface area contributed by atoms with Crippen LogP contribution in [-0.2, 0) is 4.79 Å². The molecule has 6 nitrogen and oxygen atoms in total. The highest BCUT2D eigenvalue weighted by Crippen LogP contribution is 2.33. The Labute approximate surface area is 157 Å². The van der Waals surface area contributed by atoms with Crippen LogP contribution in [0.4, 0.5) is 5.82 Å². The number of hydrogen-bond donors (Lipinski definition) is 0. The second-order valence-electron chi connectivity index (χ2n) is 6.96. The van der Waals surface area contributed by atoms with Gasteiger partial charge in [-0.15, -0.1) is 0 Å². The van der Waals surface area contributed by atoms with E-state index in [0.29, 0.717) is 22.6 Å². The number of nitrogens with zero attached hydrogens (tertiary/aromatic N) is 4. The zero-order valence-corrected chi connectivity index (χ0v) is 15.4. The SMILES string of the molecule is Cc1cc(N2CC3CN(C(=O)COc4ccccc4Cl)CC3C2)ncn1. The van der Waals surface area contributed by atoms with Crippen LogP contribution in [0.5, 0.6) is 5.75 Å². The van der Waals surface area contributed by atoms with Gasteiger partial charge in [0.25, 0.3) is 5.91 Å². The van der Waals surface area contributed by atoms with Gasteiger partial charge in [0.15, 0.2) is 6.61 Å². The predicted molar refractivity (Wildman–Crippen MR) is 99.5 cm³/mol. The van der Waals surface area contributed by atoms with Gasteiger partial charge in [-0.25, -0.2) is 9.97 Å². The van der Waals surface area contributed by atoms with Crippen molar-refractivity contribution in [1.82, 2.24) is 14.9 Å². The van der Waals surface area contributed by atoms with Crippen LogP contribution in [-0.4, -0.2) is 53.6 Å². The summed E-state index contributed by atoms with van der Waals surface area (Å²) in [5, 5.41) is 0.523. The number of aryl methyl sites for hydroxylation is 1. The summed E-state index contributed by atoms with van der Waals surface area (Å²) in [4.78, 5) is 25.2. The fourth-order valence-electron chi connectivity index (χ4n) is 3.79. The number of likely N-dealkylation sites (tertiary alicyclic amines) is 1. The Hall–Kier alpha value is -2.34. The first-order valence-corrected chi connectivity index (χ1v) is 9.16. The summed E-state index contributed by atoms with van der Waals surface area (Å²) in [5.74, 6) is 2.51. The summed E-state index contributed by atoms with van der Waals surface area (Å²) < 4.78 is 5.59. The van der Waals surface area contributed by atoms with Crippen LogP contribution in [0.1, 0.15) is 5.69 Å². The van der Waals surface area contributed by atoms with Gasteiger partial charge in [-0.05, 0) is 19.1 Å². The second kappa shape index (κ2) is 7.11. The number of para-hydroxylation sites is 1. The molecule has 0 N–H and O–H groups in total. The lowest BCUT2D eigenvalue weighted by molar-refractivity contribution is -0.132. The maximum absolute atomic E-state index is 12.5. The molecular formula is C19H21ClN4O2. The van der Waals surface area contributed by atoms with E-state index >= 15 is 0 Å². The van der Waals surface area contributed by atoms with Gasteiger partial charge in [0.2, 0.25) is 0 Å². The third kappa shape index (κ3) is 3.46. The van der Waals surface area contributed by atoms with E-state index in [1.807, 2.05) is 30.0 Å². The lowest BCUT2D eigenvalue weighted by atomic mass is 10.0. The molecule has 4 rings (SSSR count). The van der Waals surface area contributed by atoms with E-state index in [2.05, 4.69) is 14.9 Å². The molecule has 1 aromatic heterocycles. The lowest BCUT2D eigenvalue weighted by Gasteiger charge is -2.22. The van der Waals surface area contributed by atoms with E-state index in [0.717, 1.165) is 37.7 Å². The molecule has 3 heterocycles. The fourth-order valence-corrected chi connectivity index (χ4v) is 3.98. The van der Waals surface area contributed by atoms with Gasteiger partial charge in [0, 0.05) is 49.8 Å². The van der Waals surface area contributed by atoms with Crippen LogP contribution < -0.4 is 9.64 Å². The number of ether oxygens (including phenoxy) is 1. The van der Waals surface area contributed by atoms with Crippen molar-refractivity contribution in [3.05, 3.63) is 47.4 Å². The Morgan fingerprint density at radius 3 is 2.62 bits per heavy atom. The highest BCUT2D eigenvalue weighted by Gasteiger charge is 2.42. The van der Waals surface area contributed by atoms with Crippen LogP contribution in [0.2, 0.25) is 5.02 Å². The van der Waals surface area contributed by atoms with Gasteiger partial charge in [0.1, 0.15) is 17.9 Å². The van der Waals surface area contributed by atoms with Gasteiger partial charge in [-0.1, -0.05) is 23.7 Å². The van der Waals surface area contributed by atoms with Crippen molar-refractivity contribution in [2.75, 3.05) is 37.7 Å². The number of hydrogen-bond acceptors (Lipinski definition) is 5. The minimum absolute atomic E-state index is 0.0174. The van der Waals surface area contributed by atoms with Gasteiger partial charge < -0.3 is 14.5 Å². The van der Waals surface area contributed by atoms with Crippen molar-refractivity contribution >= 4 is 23.3 Å². The quantitative estimate of drug-likeness (QED) is 0.824. The first-order valence-electron chi connectivity index (χ1n) is 8.79. The smallest absolute Gasteiger partial charge is 0.260 e. The van der Waals surface area contributed by atoms with Gasteiger partial charge in [-0.2, -0.15) is 0 Å². The van der Waals surface area contributed by atoms with Crippen molar-refractivity contribution in [2.24, 2.45) is 11.8 Å². The van der Waals surface area contributed by atoms with Crippen molar-refractivity contribution in [3.63, 3.8) is 0 Å². The maximum Gasteiger partial charge on any atom is 0.260 e. The number of aromatic nitrogens is 2. The molecule has 1 aromatic carbocycles. The zero-order valence-electron chi connectivity index (χ0n) is 14.6. The largest absolute Gasteiger partial charge is 0.482 e. The summed E-state index contributed by atoms with van der Waals surface area (Å²) in [7, 11) is 0. The van der Waals surface area contributed by atoms with Crippen molar-refractivity contribution in [2.45, 2.75) is 6.92 Å². The Bertz CT molecular complexity index is 802. The third-order valence-electron chi connectivity index (χ3n) is 5.14. The molecule has 7 heteroatoms. The standard InChI is InChI=1S/C19H21ClN4O2/c1-13-6-18(22-12-21-13)23-7-14-9-24(10-15(14)8-23)19(25)11-26-17-5-3-2-4-16(17)20/h2-6,12,14-15H,7-11H2,1H3. The summed E-state index contributed by atoms with van der Waals surface area (Å²) in [6.45, 7) is 5.40. The van der Waals surface area contributed by atoms with Crippen molar-refractivity contribution < 1.29 is 9.53 Å². The number of rotatable bonds is 4. The van der Waals surface area contributed by atoms with Gasteiger partial charge in [0.05, 0.1) is 5.02 Å². The number of halogens is 1. The normalized spacial score (nSPS) is 21.8. The summed E-state index contributed by atoms with van der Waals surface area (Å²) in [5.41, 5.74) is 0.973. The molecule has 2 unspecified atom stereocenters. The third-order valence-corrected chi connectivity index (χ3v) is 5.45. The maximum atomic E-state index is 12.5. The monoisotopic (exact) mass is 372 g/mol. The molecule has 2 aliphatic rings. The van der Waals surface area contributed by atoms with E-state index in [1.54, 1.807) is 18.5 Å². The molecule has 136 valence electrons. The number of carbonyl (C=O) groups excluding carboxylic acids is 1. The molecule has 0 bridgehead atoms. The van der Waals surface area contributed by atoms with Crippen LogP contribution in [0.3, 0.4) is 0 Å². The molecule has 0 spiro atoms. The number of anilines is 1. The van der Waals surface area contributed by atoms with Crippen LogP contribution >= 0.6 is 11.6 Å². The van der Waals surface area contributed by atoms with E-state index in [-0.39, 0.29) is 12.5 Å². The Morgan fingerprint density at radius 1 is 1.19 bits per heavy atom. The molecule has 0 radical (unpaired) electrons. The Balaban J connectivity index is 1.31. The molecule has 26 heavy (non-hydrogen) atoms. The molecule has 2 fully saturated rings. The highest BCUT2D eigenvalue weighted by molar-refractivity contribution is 6.32. The molecule has 1 amide bonds. The number of carbonyl (C=O) groups is 1. The second-order valence-corrected chi connectivity index (χ2v) is 7.37. The molecular weight excluding hydrogens is 352 g/mol. The van der Waals surface area contributed by atoms with Crippen LogP contribution in [0.15, 0.2) is 36.7 Å². The van der Waals surface area contributed by atoms with E-state index in [9.17, 15) is 4.79 Å². The minimum atomic E-state index is 0.0174. The number of benzene rings is 1. The van der Waals surface area contributed by atoms with Gasteiger partial charge >= 0.3 is 0 Å². The minimum Gasteiger partial charge on any atom is -0.482 e. The lowest BCUT2D eigenvalue weighted by Crippen LogP contribution is -2.36. The molecule has 2 aromatic rings. The van der Waals surface area contributed by atoms with E-state index in [4.69, 9.17) is 16.3 Å². The first kappa shape index (κ1) is 17.1. The average molecular weight is 373 g/mol. The number of fused-ring (bicyclic) bond motifs is 1. The van der Waals surface area contributed by atoms with Crippen LogP contribution in [0.25, 0.3) is 0 Å².